The number of aryl methyl sites for hydroxylation is 1. The zero-order valence-corrected chi connectivity index (χ0v) is 20.1. The molecule has 1 aromatic heterocycles. The number of nitrogens with one attached hydrogen (secondary N) is 1. The SMILES string of the molecule is COc1ccccc1N1C(=O)/C(=C/c2cn(Cc3cccc(C)c3)c3ccccc23)C(=O)NC1=S. The number of thiocarbonyl (C=S) groups is 1. The monoisotopic (exact) mass is 481 g/mol. The van der Waals surface area contributed by atoms with E-state index in [9.17, 15) is 9.59 Å². The van der Waals surface area contributed by atoms with E-state index in [2.05, 4.69) is 35.0 Å². The largest absolute Gasteiger partial charge is 0.495 e. The van der Waals surface area contributed by atoms with Crippen LogP contribution >= 0.6 is 12.2 Å². The minimum atomic E-state index is -0.526. The maximum atomic E-state index is 13.5. The highest BCUT2D eigenvalue weighted by Crippen LogP contribution is 2.32. The van der Waals surface area contributed by atoms with Crippen LogP contribution in [-0.4, -0.2) is 28.6 Å². The highest BCUT2D eigenvalue weighted by atomic mass is 32.1. The van der Waals surface area contributed by atoms with Crippen molar-refractivity contribution in [3.63, 3.8) is 0 Å². The van der Waals surface area contributed by atoms with Crippen LogP contribution in [0.25, 0.3) is 17.0 Å². The zero-order valence-electron chi connectivity index (χ0n) is 19.3. The molecular weight excluding hydrogens is 458 g/mol. The molecule has 5 rings (SSSR count). The quantitative estimate of drug-likeness (QED) is 0.252. The van der Waals surface area contributed by atoms with Crippen molar-refractivity contribution in [1.82, 2.24) is 9.88 Å². The van der Waals surface area contributed by atoms with Gasteiger partial charge in [0, 0.05) is 29.2 Å². The molecule has 0 bridgehead atoms. The summed E-state index contributed by atoms with van der Waals surface area (Å²) in [6, 6.07) is 23.3. The number of amides is 2. The van der Waals surface area contributed by atoms with Gasteiger partial charge in [-0.1, -0.05) is 60.2 Å². The Morgan fingerprint density at radius 1 is 1.00 bits per heavy atom. The van der Waals surface area contributed by atoms with E-state index in [0.717, 1.165) is 16.5 Å². The summed E-state index contributed by atoms with van der Waals surface area (Å²) in [4.78, 5) is 27.7. The number of carbonyl (C=O) groups excluding carboxylic acids is 2. The Hall–Kier alpha value is -4.23. The number of anilines is 1. The Morgan fingerprint density at radius 3 is 2.57 bits per heavy atom. The summed E-state index contributed by atoms with van der Waals surface area (Å²) in [5.41, 5.74) is 4.63. The summed E-state index contributed by atoms with van der Waals surface area (Å²) in [6.07, 6.45) is 3.61. The number of carbonyl (C=O) groups is 2. The van der Waals surface area contributed by atoms with Crippen molar-refractivity contribution >= 4 is 51.8 Å². The number of hydrogen-bond donors (Lipinski definition) is 1. The van der Waals surface area contributed by atoms with Crippen LogP contribution in [0.2, 0.25) is 0 Å². The van der Waals surface area contributed by atoms with E-state index in [1.807, 2.05) is 36.5 Å². The van der Waals surface area contributed by atoms with Crippen molar-refractivity contribution < 1.29 is 14.3 Å². The summed E-state index contributed by atoms with van der Waals surface area (Å²) >= 11 is 5.34. The van der Waals surface area contributed by atoms with Crippen LogP contribution in [-0.2, 0) is 16.1 Å². The molecule has 2 heterocycles. The second-order valence-corrected chi connectivity index (χ2v) is 8.73. The van der Waals surface area contributed by atoms with Gasteiger partial charge in [-0.25, -0.2) is 4.90 Å². The van der Waals surface area contributed by atoms with Crippen molar-refractivity contribution in [3.05, 3.63) is 101 Å². The molecule has 6 nitrogen and oxygen atoms in total. The molecule has 35 heavy (non-hydrogen) atoms. The van der Waals surface area contributed by atoms with Gasteiger partial charge in [-0.05, 0) is 49.0 Å². The number of nitrogens with zero attached hydrogens (tertiary/aromatic N) is 2. The Bertz CT molecular complexity index is 1520. The normalized spacial score (nSPS) is 15.1. The molecule has 174 valence electrons. The summed E-state index contributed by atoms with van der Waals surface area (Å²) in [5.74, 6) is -0.547. The lowest BCUT2D eigenvalue weighted by molar-refractivity contribution is -0.122. The van der Waals surface area contributed by atoms with Gasteiger partial charge in [0.25, 0.3) is 11.8 Å². The van der Waals surface area contributed by atoms with E-state index < -0.39 is 11.8 Å². The number of ether oxygens (including phenoxy) is 1. The zero-order chi connectivity index (χ0) is 24.5. The third-order valence-corrected chi connectivity index (χ3v) is 6.27. The second kappa shape index (κ2) is 9.19. The number of hydrogen-bond acceptors (Lipinski definition) is 4. The number of methoxy groups -OCH3 is 1. The van der Waals surface area contributed by atoms with E-state index in [1.165, 1.54) is 23.1 Å². The van der Waals surface area contributed by atoms with Crippen LogP contribution in [0.1, 0.15) is 16.7 Å². The molecule has 1 aliphatic heterocycles. The van der Waals surface area contributed by atoms with Crippen LogP contribution in [0.4, 0.5) is 5.69 Å². The van der Waals surface area contributed by atoms with Gasteiger partial charge in [-0.3, -0.25) is 14.9 Å². The molecule has 3 aromatic carbocycles. The summed E-state index contributed by atoms with van der Waals surface area (Å²) < 4.78 is 7.54. The standard InChI is InChI=1S/C28H23N3O3S/c1-18-8-7-9-19(14-18)16-30-17-20(21-10-3-4-11-23(21)30)15-22-26(32)29-28(35)31(27(22)33)24-12-5-6-13-25(24)34-2/h3-15,17H,16H2,1-2H3,(H,29,32,35)/b22-15+. The minimum Gasteiger partial charge on any atom is -0.495 e. The maximum absolute atomic E-state index is 13.5. The van der Waals surface area contributed by atoms with Crippen molar-refractivity contribution in [2.45, 2.75) is 13.5 Å². The van der Waals surface area contributed by atoms with Gasteiger partial charge in [0.05, 0.1) is 12.8 Å². The van der Waals surface area contributed by atoms with E-state index in [4.69, 9.17) is 17.0 Å². The number of fused-ring (bicyclic) bond motifs is 1. The third-order valence-electron chi connectivity index (χ3n) is 5.98. The van der Waals surface area contributed by atoms with Crippen LogP contribution in [0.15, 0.2) is 84.6 Å². The highest BCUT2D eigenvalue weighted by Gasteiger charge is 2.36. The predicted molar refractivity (Wildman–Crippen MR) is 141 cm³/mol. The fourth-order valence-electron chi connectivity index (χ4n) is 4.37. The van der Waals surface area contributed by atoms with E-state index in [-0.39, 0.29) is 10.7 Å². The molecule has 0 unspecified atom stereocenters. The van der Waals surface area contributed by atoms with Gasteiger partial charge in [-0.2, -0.15) is 0 Å². The average molecular weight is 482 g/mol. The summed E-state index contributed by atoms with van der Waals surface area (Å²) in [5, 5.41) is 3.61. The molecule has 1 N–H and O–H groups in total. The van der Waals surface area contributed by atoms with E-state index in [1.54, 1.807) is 30.3 Å². The second-order valence-electron chi connectivity index (χ2n) is 8.35. The predicted octanol–water partition coefficient (Wildman–Crippen LogP) is 4.84. The van der Waals surface area contributed by atoms with Gasteiger partial charge < -0.3 is 9.30 Å². The molecule has 0 aliphatic carbocycles. The molecule has 0 spiro atoms. The number of benzene rings is 3. The molecule has 1 aliphatic rings. The van der Waals surface area contributed by atoms with Gasteiger partial charge in [0.2, 0.25) is 0 Å². The fraction of sp³-hybridized carbons (Fsp3) is 0.107. The van der Waals surface area contributed by atoms with E-state index >= 15 is 0 Å². The molecule has 7 heteroatoms. The number of aromatic nitrogens is 1. The number of rotatable bonds is 5. The van der Waals surface area contributed by atoms with Gasteiger partial charge >= 0.3 is 0 Å². The van der Waals surface area contributed by atoms with Crippen molar-refractivity contribution in [3.8, 4) is 5.75 Å². The Balaban J connectivity index is 1.58. The van der Waals surface area contributed by atoms with Crippen molar-refractivity contribution in [1.29, 1.82) is 0 Å². The maximum Gasteiger partial charge on any atom is 0.270 e. The van der Waals surface area contributed by atoms with Gasteiger partial charge in [0.15, 0.2) is 5.11 Å². The van der Waals surface area contributed by atoms with Crippen molar-refractivity contribution in [2.24, 2.45) is 0 Å². The first-order valence-electron chi connectivity index (χ1n) is 11.1. The fourth-order valence-corrected chi connectivity index (χ4v) is 4.65. The van der Waals surface area contributed by atoms with Gasteiger partial charge in [-0.15, -0.1) is 0 Å². The Morgan fingerprint density at radius 2 is 1.77 bits per heavy atom. The lowest BCUT2D eigenvalue weighted by Gasteiger charge is -2.29. The smallest absolute Gasteiger partial charge is 0.270 e. The first-order valence-corrected chi connectivity index (χ1v) is 11.5. The Kier molecular flexibility index (Phi) is 5.93. The van der Waals surface area contributed by atoms with Gasteiger partial charge in [0.1, 0.15) is 11.3 Å². The summed E-state index contributed by atoms with van der Waals surface area (Å²) in [6.45, 7) is 2.74. The average Bonchev–Trinajstić information content (AvgIpc) is 3.19. The van der Waals surface area contributed by atoms with Crippen LogP contribution < -0.4 is 15.0 Å². The molecule has 0 atom stereocenters. The summed E-state index contributed by atoms with van der Waals surface area (Å²) in [7, 11) is 1.52. The first-order chi connectivity index (χ1) is 17.0. The van der Waals surface area contributed by atoms with Crippen LogP contribution in [0.5, 0.6) is 5.75 Å². The minimum absolute atomic E-state index is 0.00275. The molecule has 0 radical (unpaired) electrons. The molecule has 1 saturated heterocycles. The van der Waals surface area contributed by atoms with Crippen LogP contribution in [0, 0.1) is 6.92 Å². The lowest BCUT2D eigenvalue weighted by Crippen LogP contribution is -2.54. The molecule has 0 saturated carbocycles. The molecule has 2 amide bonds. The first kappa shape index (κ1) is 22.6. The third kappa shape index (κ3) is 4.22. The Labute approximate surface area is 208 Å². The topological polar surface area (TPSA) is 63.6 Å². The van der Waals surface area contributed by atoms with Crippen LogP contribution in [0.3, 0.4) is 0 Å². The molecule has 4 aromatic rings. The van der Waals surface area contributed by atoms with Crippen molar-refractivity contribution in [2.75, 3.05) is 12.0 Å². The highest BCUT2D eigenvalue weighted by molar-refractivity contribution is 7.80. The number of para-hydroxylation sites is 3. The van der Waals surface area contributed by atoms with E-state index in [0.29, 0.717) is 18.0 Å². The lowest BCUT2D eigenvalue weighted by atomic mass is 10.1. The molecule has 1 fully saturated rings. The molecular formula is C28H23N3O3S.